The van der Waals surface area contributed by atoms with Crippen LogP contribution >= 0.6 is 0 Å². The van der Waals surface area contributed by atoms with Gasteiger partial charge in [-0.25, -0.2) is 13.1 Å². The molecule has 0 bridgehead atoms. The predicted molar refractivity (Wildman–Crippen MR) is 100 cm³/mol. The van der Waals surface area contributed by atoms with Crippen molar-refractivity contribution >= 4 is 21.6 Å². The molecule has 3 N–H and O–H groups in total. The molecule has 1 aromatic carbocycles. The van der Waals surface area contributed by atoms with Crippen molar-refractivity contribution < 1.29 is 17.6 Å². The molecule has 0 radical (unpaired) electrons. The summed E-state index contributed by atoms with van der Waals surface area (Å²) in [6, 6.07) is 8.93. The Morgan fingerprint density at radius 3 is 2.23 bits per heavy atom. The Balaban J connectivity index is 1.96. The highest BCUT2D eigenvalue weighted by Crippen LogP contribution is 2.16. The molecule has 2 rings (SSSR count). The van der Waals surface area contributed by atoms with Gasteiger partial charge in [0.25, 0.3) is 0 Å². The lowest BCUT2D eigenvalue weighted by atomic mass is 10.2. The first-order valence-electron chi connectivity index (χ1n) is 8.42. The molecule has 0 saturated carbocycles. The van der Waals surface area contributed by atoms with Gasteiger partial charge in [-0.2, -0.15) is 0 Å². The lowest BCUT2D eigenvalue weighted by Gasteiger charge is -2.18. The second-order valence-electron chi connectivity index (χ2n) is 6.42. The van der Waals surface area contributed by atoms with E-state index in [2.05, 4.69) is 15.4 Å². The standard InChI is InChI=1S/C18H25N3O4S/c1-12(2)21-26(23,24)16-9-7-15(8-10-16)20-18(22)14(4)19-13(3)17-6-5-11-25-17/h5-14,19,21H,1-4H3,(H,20,22)/t13-,14+/m0/s1. The minimum atomic E-state index is -3.55. The zero-order valence-electron chi connectivity index (χ0n) is 15.3. The van der Waals surface area contributed by atoms with E-state index in [1.54, 1.807) is 45.2 Å². The number of carbonyl (C=O) groups is 1. The Bertz CT molecular complexity index is 815. The van der Waals surface area contributed by atoms with E-state index < -0.39 is 16.1 Å². The van der Waals surface area contributed by atoms with Crippen LogP contribution in [0.2, 0.25) is 0 Å². The molecule has 0 fully saturated rings. The Morgan fingerprint density at radius 2 is 1.69 bits per heavy atom. The second-order valence-corrected chi connectivity index (χ2v) is 8.13. The van der Waals surface area contributed by atoms with Crippen LogP contribution < -0.4 is 15.4 Å². The second kappa shape index (κ2) is 8.48. The summed E-state index contributed by atoms with van der Waals surface area (Å²) < 4.78 is 32.0. The number of carbonyl (C=O) groups excluding carboxylic acids is 1. The van der Waals surface area contributed by atoms with Crippen molar-refractivity contribution in [3.63, 3.8) is 0 Å². The van der Waals surface area contributed by atoms with Crippen LogP contribution in [0.3, 0.4) is 0 Å². The molecular weight excluding hydrogens is 354 g/mol. The van der Waals surface area contributed by atoms with Gasteiger partial charge in [-0.15, -0.1) is 0 Å². The van der Waals surface area contributed by atoms with Gasteiger partial charge in [0.05, 0.1) is 23.2 Å². The summed E-state index contributed by atoms with van der Waals surface area (Å²) in [5.41, 5.74) is 0.526. The molecule has 7 nitrogen and oxygen atoms in total. The number of hydrogen-bond acceptors (Lipinski definition) is 5. The van der Waals surface area contributed by atoms with E-state index in [9.17, 15) is 13.2 Å². The average Bonchev–Trinajstić information content (AvgIpc) is 3.08. The molecule has 0 unspecified atom stereocenters. The number of rotatable bonds is 8. The highest BCUT2D eigenvalue weighted by molar-refractivity contribution is 7.89. The van der Waals surface area contributed by atoms with E-state index >= 15 is 0 Å². The van der Waals surface area contributed by atoms with Gasteiger partial charge in [-0.05, 0) is 64.1 Å². The summed E-state index contributed by atoms with van der Waals surface area (Å²) in [6.45, 7) is 7.17. The molecule has 142 valence electrons. The van der Waals surface area contributed by atoms with Gasteiger partial charge in [0, 0.05) is 11.7 Å². The molecule has 26 heavy (non-hydrogen) atoms. The maximum atomic E-state index is 12.3. The first-order chi connectivity index (χ1) is 12.2. The van der Waals surface area contributed by atoms with Crippen molar-refractivity contribution in [3.05, 3.63) is 48.4 Å². The van der Waals surface area contributed by atoms with Crippen LogP contribution in [0.5, 0.6) is 0 Å². The third kappa shape index (κ3) is 5.42. The highest BCUT2D eigenvalue weighted by atomic mass is 32.2. The van der Waals surface area contributed by atoms with Gasteiger partial charge in [0.2, 0.25) is 15.9 Å². The van der Waals surface area contributed by atoms with Crippen LogP contribution in [0, 0.1) is 0 Å². The van der Waals surface area contributed by atoms with Crippen molar-refractivity contribution in [2.45, 2.75) is 50.7 Å². The largest absolute Gasteiger partial charge is 0.468 e. The van der Waals surface area contributed by atoms with Crippen LogP contribution in [0.4, 0.5) is 5.69 Å². The lowest BCUT2D eigenvalue weighted by Crippen LogP contribution is -2.39. The normalized spacial score (nSPS) is 14.2. The Labute approximate surface area is 154 Å². The molecule has 0 aliphatic rings. The van der Waals surface area contributed by atoms with E-state index in [0.29, 0.717) is 5.69 Å². The van der Waals surface area contributed by atoms with Crippen LogP contribution in [0.15, 0.2) is 52.0 Å². The summed E-state index contributed by atoms with van der Waals surface area (Å²) >= 11 is 0. The topological polar surface area (TPSA) is 100 Å². The number of nitrogens with one attached hydrogen (secondary N) is 3. The quantitative estimate of drug-likeness (QED) is 0.655. The molecule has 1 aromatic heterocycles. The smallest absolute Gasteiger partial charge is 0.241 e. The highest BCUT2D eigenvalue weighted by Gasteiger charge is 2.19. The Kier molecular flexibility index (Phi) is 6.57. The zero-order chi connectivity index (χ0) is 19.3. The minimum Gasteiger partial charge on any atom is -0.468 e. The SMILES string of the molecule is CC(C)NS(=O)(=O)c1ccc(NC(=O)[C@@H](C)N[C@@H](C)c2ccco2)cc1. The third-order valence-corrected chi connectivity index (χ3v) is 5.36. The number of amides is 1. The number of furan rings is 1. The van der Waals surface area contributed by atoms with Crippen molar-refractivity contribution in [2.24, 2.45) is 0 Å². The van der Waals surface area contributed by atoms with Crippen molar-refractivity contribution in [3.8, 4) is 0 Å². The van der Waals surface area contributed by atoms with E-state index in [1.165, 1.54) is 12.1 Å². The molecule has 8 heteroatoms. The molecule has 0 aliphatic carbocycles. The minimum absolute atomic E-state index is 0.111. The maximum absolute atomic E-state index is 12.3. The first-order valence-corrected chi connectivity index (χ1v) is 9.90. The number of benzene rings is 1. The molecule has 1 heterocycles. The van der Waals surface area contributed by atoms with Crippen molar-refractivity contribution in [1.29, 1.82) is 0 Å². The van der Waals surface area contributed by atoms with E-state index in [4.69, 9.17) is 4.42 Å². The summed E-state index contributed by atoms with van der Waals surface area (Å²) in [5, 5.41) is 5.91. The fraction of sp³-hybridized carbons (Fsp3) is 0.389. The van der Waals surface area contributed by atoms with E-state index in [1.807, 2.05) is 13.0 Å². The van der Waals surface area contributed by atoms with E-state index in [0.717, 1.165) is 5.76 Å². The van der Waals surface area contributed by atoms with Crippen LogP contribution in [-0.4, -0.2) is 26.4 Å². The van der Waals surface area contributed by atoms with E-state index in [-0.39, 0.29) is 22.9 Å². The molecule has 1 amide bonds. The van der Waals surface area contributed by atoms with Crippen LogP contribution in [0.1, 0.15) is 39.5 Å². The van der Waals surface area contributed by atoms with Gasteiger partial charge in [0.15, 0.2) is 0 Å². The molecular formula is C18H25N3O4S. The van der Waals surface area contributed by atoms with Crippen LogP contribution in [-0.2, 0) is 14.8 Å². The number of hydrogen-bond donors (Lipinski definition) is 3. The molecule has 2 aromatic rings. The average molecular weight is 379 g/mol. The maximum Gasteiger partial charge on any atom is 0.241 e. The Morgan fingerprint density at radius 1 is 1.04 bits per heavy atom. The molecule has 0 aliphatic heterocycles. The summed E-state index contributed by atoms with van der Waals surface area (Å²) in [6.07, 6.45) is 1.59. The molecule has 2 atom stereocenters. The monoisotopic (exact) mass is 379 g/mol. The molecule has 0 spiro atoms. The summed E-state index contributed by atoms with van der Waals surface area (Å²) in [5.74, 6) is 0.524. The third-order valence-electron chi connectivity index (χ3n) is 3.69. The first kappa shape index (κ1) is 20.2. The summed E-state index contributed by atoms with van der Waals surface area (Å²) in [4.78, 5) is 12.5. The van der Waals surface area contributed by atoms with Crippen molar-refractivity contribution in [2.75, 3.05) is 5.32 Å². The van der Waals surface area contributed by atoms with Crippen LogP contribution in [0.25, 0.3) is 0 Å². The van der Waals surface area contributed by atoms with Gasteiger partial charge >= 0.3 is 0 Å². The number of anilines is 1. The van der Waals surface area contributed by atoms with Gasteiger partial charge in [0.1, 0.15) is 5.76 Å². The van der Waals surface area contributed by atoms with Gasteiger partial charge < -0.3 is 9.73 Å². The lowest BCUT2D eigenvalue weighted by molar-refractivity contribution is -0.118. The Hall–Kier alpha value is -2.16. The predicted octanol–water partition coefficient (Wildman–Crippen LogP) is 2.64. The van der Waals surface area contributed by atoms with Crippen molar-refractivity contribution in [1.82, 2.24) is 10.0 Å². The van der Waals surface area contributed by atoms with Gasteiger partial charge in [-0.3, -0.25) is 10.1 Å². The zero-order valence-corrected chi connectivity index (χ0v) is 16.1. The fourth-order valence-electron chi connectivity index (χ4n) is 2.42. The molecule has 0 saturated heterocycles. The van der Waals surface area contributed by atoms with Gasteiger partial charge in [-0.1, -0.05) is 0 Å². The number of sulfonamides is 1. The summed E-state index contributed by atoms with van der Waals surface area (Å²) in [7, 11) is -3.55. The fourth-order valence-corrected chi connectivity index (χ4v) is 3.67.